The van der Waals surface area contributed by atoms with E-state index in [2.05, 4.69) is 24.1 Å². The average Bonchev–Trinajstić information content (AvgIpc) is 3.17. The number of nitrogens with one attached hydrogen (secondary N) is 1. The van der Waals surface area contributed by atoms with Crippen molar-refractivity contribution in [2.75, 3.05) is 5.32 Å². The van der Waals surface area contributed by atoms with Crippen LogP contribution in [0.5, 0.6) is 0 Å². The van der Waals surface area contributed by atoms with E-state index < -0.39 is 23.6 Å². The number of carbonyl (C=O) groups excluding carboxylic acids is 1. The number of alkyl halides is 3. The van der Waals surface area contributed by atoms with Crippen LogP contribution in [-0.4, -0.2) is 20.2 Å². The number of anilines is 1. The zero-order valence-electron chi connectivity index (χ0n) is 11.2. The summed E-state index contributed by atoms with van der Waals surface area (Å²) < 4.78 is 45.8. The first-order valence-electron chi connectivity index (χ1n) is 6.17. The molecular formula is C13H7F3N4O2S. The SMILES string of the molecule is O=C(Nc1nc(-c2ccccn2)ns1)c1ccc(C(F)(F)F)o1. The minimum atomic E-state index is -4.65. The number of halogens is 3. The Hall–Kier alpha value is -2.75. The van der Waals surface area contributed by atoms with Crippen molar-refractivity contribution >= 4 is 22.6 Å². The van der Waals surface area contributed by atoms with E-state index in [0.29, 0.717) is 17.6 Å². The highest BCUT2D eigenvalue weighted by molar-refractivity contribution is 7.10. The van der Waals surface area contributed by atoms with E-state index in [-0.39, 0.29) is 5.13 Å². The molecule has 1 amide bonds. The Morgan fingerprint density at radius 3 is 2.70 bits per heavy atom. The summed E-state index contributed by atoms with van der Waals surface area (Å²) in [6.07, 6.45) is -3.08. The molecule has 0 radical (unpaired) electrons. The third-order valence-electron chi connectivity index (χ3n) is 2.65. The quantitative estimate of drug-likeness (QED) is 0.790. The number of nitrogens with zero attached hydrogens (tertiary/aromatic N) is 3. The van der Waals surface area contributed by atoms with Gasteiger partial charge in [0.2, 0.25) is 10.9 Å². The van der Waals surface area contributed by atoms with E-state index in [1.165, 1.54) is 0 Å². The lowest BCUT2D eigenvalue weighted by Crippen LogP contribution is -2.11. The molecule has 0 bridgehead atoms. The molecule has 23 heavy (non-hydrogen) atoms. The monoisotopic (exact) mass is 340 g/mol. The molecule has 0 saturated heterocycles. The van der Waals surface area contributed by atoms with Crippen molar-refractivity contribution in [3.63, 3.8) is 0 Å². The van der Waals surface area contributed by atoms with Crippen LogP contribution in [0.4, 0.5) is 18.3 Å². The van der Waals surface area contributed by atoms with E-state index in [4.69, 9.17) is 0 Å². The normalized spacial score (nSPS) is 11.4. The molecule has 0 aromatic carbocycles. The maximum atomic E-state index is 12.4. The second kappa shape index (κ2) is 5.80. The van der Waals surface area contributed by atoms with Crippen molar-refractivity contribution in [1.29, 1.82) is 0 Å². The molecule has 0 unspecified atom stereocenters. The summed E-state index contributed by atoms with van der Waals surface area (Å²) in [7, 11) is 0. The smallest absolute Gasteiger partial charge is 0.446 e. The predicted molar refractivity (Wildman–Crippen MR) is 74.8 cm³/mol. The largest absolute Gasteiger partial charge is 0.449 e. The molecule has 0 atom stereocenters. The maximum Gasteiger partial charge on any atom is 0.449 e. The van der Waals surface area contributed by atoms with Crippen LogP contribution in [0.2, 0.25) is 0 Å². The lowest BCUT2D eigenvalue weighted by atomic mass is 10.3. The molecule has 3 heterocycles. The molecular weight excluding hydrogens is 333 g/mol. The van der Waals surface area contributed by atoms with Crippen molar-refractivity contribution in [2.24, 2.45) is 0 Å². The number of rotatable bonds is 3. The van der Waals surface area contributed by atoms with Gasteiger partial charge in [0.1, 0.15) is 5.69 Å². The van der Waals surface area contributed by atoms with Crippen LogP contribution in [0.1, 0.15) is 16.3 Å². The molecule has 6 nitrogen and oxygen atoms in total. The average molecular weight is 340 g/mol. The van der Waals surface area contributed by atoms with Gasteiger partial charge in [-0.3, -0.25) is 15.1 Å². The number of hydrogen-bond donors (Lipinski definition) is 1. The summed E-state index contributed by atoms with van der Waals surface area (Å²) in [5.74, 6) is -2.24. The number of carbonyl (C=O) groups is 1. The molecule has 3 rings (SSSR count). The first-order chi connectivity index (χ1) is 10.9. The van der Waals surface area contributed by atoms with E-state index in [9.17, 15) is 18.0 Å². The third-order valence-corrected chi connectivity index (χ3v) is 3.28. The fourth-order valence-electron chi connectivity index (χ4n) is 1.64. The Morgan fingerprint density at radius 1 is 1.22 bits per heavy atom. The summed E-state index contributed by atoms with van der Waals surface area (Å²) in [4.78, 5) is 20.0. The molecule has 0 saturated carbocycles. The van der Waals surface area contributed by atoms with Crippen LogP contribution in [0.3, 0.4) is 0 Å². The summed E-state index contributed by atoms with van der Waals surface area (Å²) >= 11 is 0.883. The third kappa shape index (κ3) is 3.37. The van der Waals surface area contributed by atoms with E-state index >= 15 is 0 Å². The van der Waals surface area contributed by atoms with E-state index in [0.717, 1.165) is 17.6 Å². The van der Waals surface area contributed by atoms with Gasteiger partial charge in [-0.1, -0.05) is 6.07 Å². The van der Waals surface area contributed by atoms with Gasteiger partial charge in [0, 0.05) is 17.7 Å². The minimum Gasteiger partial charge on any atom is -0.446 e. The molecule has 0 fully saturated rings. The Bertz CT molecular complexity index is 829. The van der Waals surface area contributed by atoms with Crippen LogP contribution >= 0.6 is 11.5 Å². The van der Waals surface area contributed by atoms with Crippen molar-refractivity contribution in [3.8, 4) is 11.5 Å². The van der Waals surface area contributed by atoms with Gasteiger partial charge >= 0.3 is 6.18 Å². The molecule has 3 aromatic rings. The zero-order chi connectivity index (χ0) is 16.4. The van der Waals surface area contributed by atoms with Gasteiger partial charge in [-0.25, -0.2) is 0 Å². The van der Waals surface area contributed by atoms with Gasteiger partial charge in [-0.2, -0.15) is 22.5 Å². The summed E-state index contributed by atoms with van der Waals surface area (Å²) in [5.41, 5.74) is 0.515. The molecule has 1 N–H and O–H groups in total. The van der Waals surface area contributed by atoms with Crippen molar-refractivity contribution < 1.29 is 22.4 Å². The number of amides is 1. The molecule has 3 aromatic heterocycles. The molecule has 0 aliphatic carbocycles. The van der Waals surface area contributed by atoms with Gasteiger partial charge in [-0.15, -0.1) is 0 Å². The van der Waals surface area contributed by atoms with Crippen LogP contribution < -0.4 is 5.32 Å². The fourth-order valence-corrected chi connectivity index (χ4v) is 2.22. The highest BCUT2D eigenvalue weighted by Crippen LogP contribution is 2.30. The first kappa shape index (κ1) is 15.2. The molecule has 0 spiro atoms. The highest BCUT2D eigenvalue weighted by Gasteiger charge is 2.35. The lowest BCUT2D eigenvalue weighted by Gasteiger charge is -2.01. The zero-order valence-corrected chi connectivity index (χ0v) is 12.0. The lowest BCUT2D eigenvalue weighted by molar-refractivity contribution is -0.153. The second-order valence-corrected chi connectivity index (χ2v) is 5.01. The van der Waals surface area contributed by atoms with Crippen LogP contribution in [0.15, 0.2) is 40.9 Å². The number of pyridine rings is 1. The minimum absolute atomic E-state index is 0.126. The van der Waals surface area contributed by atoms with Gasteiger partial charge in [0.25, 0.3) is 5.91 Å². The van der Waals surface area contributed by atoms with E-state index in [1.54, 1.807) is 24.4 Å². The van der Waals surface area contributed by atoms with Crippen LogP contribution in [-0.2, 0) is 6.18 Å². The second-order valence-electron chi connectivity index (χ2n) is 4.25. The van der Waals surface area contributed by atoms with Gasteiger partial charge < -0.3 is 4.42 Å². The molecule has 0 aliphatic rings. The highest BCUT2D eigenvalue weighted by atomic mass is 32.1. The Morgan fingerprint density at radius 2 is 2.04 bits per heavy atom. The Labute approximate surface area is 131 Å². The van der Waals surface area contributed by atoms with Gasteiger partial charge in [-0.05, 0) is 24.3 Å². The number of hydrogen-bond acceptors (Lipinski definition) is 6. The summed E-state index contributed by atoms with van der Waals surface area (Å²) in [6.45, 7) is 0. The van der Waals surface area contributed by atoms with Gasteiger partial charge in [0.15, 0.2) is 11.6 Å². The van der Waals surface area contributed by atoms with E-state index in [1.807, 2.05) is 0 Å². The molecule has 118 valence electrons. The first-order valence-corrected chi connectivity index (χ1v) is 6.94. The number of aromatic nitrogens is 3. The van der Waals surface area contributed by atoms with Crippen LogP contribution in [0.25, 0.3) is 11.5 Å². The number of furan rings is 1. The molecule has 0 aliphatic heterocycles. The van der Waals surface area contributed by atoms with Crippen molar-refractivity contribution in [1.82, 2.24) is 14.3 Å². The van der Waals surface area contributed by atoms with Crippen molar-refractivity contribution in [3.05, 3.63) is 48.0 Å². The molecule has 10 heteroatoms. The topological polar surface area (TPSA) is 80.9 Å². The summed E-state index contributed by atoms with van der Waals surface area (Å²) in [6, 6.07) is 6.81. The predicted octanol–water partition coefficient (Wildman–Crippen LogP) is 3.46. The standard InChI is InChI=1S/C13H7F3N4O2S/c14-13(15,16)9-5-4-8(22-9)11(21)19-12-18-10(20-23-12)7-3-1-2-6-17-7/h1-6H,(H,18,19,20,21). The Kier molecular flexibility index (Phi) is 3.82. The Balaban J connectivity index is 1.74. The fraction of sp³-hybridized carbons (Fsp3) is 0.0769. The van der Waals surface area contributed by atoms with Gasteiger partial charge in [0.05, 0.1) is 0 Å². The van der Waals surface area contributed by atoms with Crippen molar-refractivity contribution in [2.45, 2.75) is 6.18 Å². The maximum absolute atomic E-state index is 12.4. The van der Waals surface area contributed by atoms with Crippen LogP contribution in [0, 0.1) is 0 Å². The summed E-state index contributed by atoms with van der Waals surface area (Å²) in [5, 5.41) is 2.46.